The van der Waals surface area contributed by atoms with Gasteiger partial charge in [0.2, 0.25) is 5.60 Å². The van der Waals surface area contributed by atoms with E-state index in [0.717, 1.165) is 55.1 Å². The van der Waals surface area contributed by atoms with Crippen LogP contribution in [0.2, 0.25) is 0 Å². The normalized spacial score (nSPS) is 15.3. The summed E-state index contributed by atoms with van der Waals surface area (Å²) in [7, 11) is 0. The van der Waals surface area contributed by atoms with E-state index >= 15 is 14.4 Å². The molecule has 4 heterocycles. The number of ether oxygens (including phenoxy) is 1. The van der Waals surface area contributed by atoms with E-state index in [4.69, 9.17) is 19.7 Å². The summed E-state index contributed by atoms with van der Waals surface area (Å²) in [5.74, 6) is -1.53. The second-order valence-electron chi connectivity index (χ2n) is 19.8. The van der Waals surface area contributed by atoms with Crippen molar-refractivity contribution in [2.75, 3.05) is 11.1 Å². The molecule has 12 rings (SSSR count). The van der Waals surface area contributed by atoms with E-state index in [1.807, 2.05) is 225 Å². The molecule has 2 atom stereocenters. The van der Waals surface area contributed by atoms with Gasteiger partial charge in [0.05, 0.1) is 16.1 Å². The number of carbonyl (C=O) groups excluding carboxylic acids is 3. The third-order valence-corrected chi connectivity index (χ3v) is 18.8. The molecule has 2 aromatic heterocycles. The van der Waals surface area contributed by atoms with Gasteiger partial charge in [0.25, 0.3) is 11.8 Å². The number of rotatable bonds is 20. The molecule has 0 unspecified atom stereocenters. The summed E-state index contributed by atoms with van der Waals surface area (Å²) in [6.07, 6.45) is 1.18. The second kappa shape index (κ2) is 25.2. The second-order valence-corrected chi connectivity index (χ2v) is 23.6. The Labute approximate surface area is 503 Å². The van der Waals surface area contributed by atoms with Crippen LogP contribution in [0.3, 0.4) is 0 Å². The lowest BCUT2D eigenvalue weighted by atomic mass is 9.77. The van der Waals surface area contributed by atoms with Crippen LogP contribution < -0.4 is 10.6 Å². The predicted octanol–water partition coefficient (Wildman–Crippen LogP) is 14.4. The number of benzene rings is 8. The third kappa shape index (κ3) is 11.1. The molecule has 414 valence electrons. The smallest absolute Gasteiger partial charge is 0.356 e. The van der Waals surface area contributed by atoms with Crippen LogP contribution in [0.5, 0.6) is 0 Å². The standard InChI is InChI=1S/C69H54N6O5S4/c1-47-57(84-46-70-47)42-43-81-58-45-82-65-60(64(77)75(65)61(58)66(78)79-62(48-26-10-2-11-27-48)49-28-12-3-13-29-49)72-63(76)59(74-80-69(53-36-20-7-21-37-53,54-38-22-8-23-39-54)55-40-24-9-25-41-55)56-44-83-67(71-56)73-68(50-30-14-4-15-31-50,51-32-16-5-17-33-51)52-34-18-6-19-35-52/h2-44,46,60,62,65H,45H2,1H3,(H,71,73)(H,72,76)/b43-42-,74-59-/t60-,65-/m1/s1. The van der Waals surface area contributed by atoms with Crippen LogP contribution >= 0.6 is 46.2 Å². The summed E-state index contributed by atoms with van der Waals surface area (Å²) in [5.41, 5.74) is 7.19. The van der Waals surface area contributed by atoms with Crippen molar-refractivity contribution in [1.29, 1.82) is 0 Å². The number of thioether (sulfide) groups is 2. The summed E-state index contributed by atoms with van der Waals surface area (Å²) in [6.45, 7) is 1.94. The number of nitrogens with one attached hydrogen (secondary N) is 2. The van der Waals surface area contributed by atoms with E-state index in [9.17, 15) is 0 Å². The van der Waals surface area contributed by atoms with Gasteiger partial charge in [-0.3, -0.25) is 14.5 Å². The largest absolute Gasteiger partial charge is 0.448 e. The van der Waals surface area contributed by atoms with Gasteiger partial charge in [-0.15, -0.1) is 34.4 Å². The average molecular weight is 1180 g/mol. The Balaban J connectivity index is 0.934. The monoisotopic (exact) mass is 1170 g/mol. The number of anilines is 1. The lowest BCUT2D eigenvalue weighted by Gasteiger charge is -2.49. The molecule has 1 saturated heterocycles. The van der Waals surface area contributed by atoms with E-state index in [2.05, 4.69) is 52.0 Å². The molecule has 15 heteroatoms. The van der Waals surface area contributed by atoms with E-state index in [0.29, 0.717) is 15.8 Å². The Hall–Kier alpha value is -9.12. The van der Waals surface area contributed by atoms with E-state index < -0.39 is 46.4 Å². The van der Waals surface area contributed by atoms with Gasteiger partial charge in [-0.05, 0) is 46.2 Å². The Morgan fingerprint density at radius 2 is 1.12 bits per heavy atom. The molecule has 2 aliphatic rings. The highest BCUT2D eigenvalue weighted by Crippen LogP contribution is 2.46. The topological polar surface area (TPSA) is 135 Å². The number of nitrogens with zero attached hydrogens (tertiary/aromatic N) is 4. The SMILES string of the molecule is Cc1ncsc1/C=C\SC1=C(C(=O)OC(c2ccccc2)c2ccccc2)N2C(=O)[C@@H](NC(=O)/C(=N\OC(c3ccccc3)(c3ccccc3)c3ccccc3)c3csc(NC(c4ccccc4)(c4ccccc4)c4ccccc4)n3)[C@H]2SC1. The van der Waals surface area contributed by atoms with Gasteiger partial charge < -0.3 is 20.2 Å². The fourth-order valence-electron chi connectivity index (χ4n) is 10.7. The number of β-lactam (4-membered cyclic amide) rings is 1. The molecule has 1 fully saturated rings. The zero-order valence-electron chi connectivity index (χ0n) is 45.3. The predicted molar refractivity (Wildman–Crippen MR) is 338 cm³/mol. The van der Waals surface area contributed by atoms with Crippen molar-refractivity contribution in [3.05, 3.63) is 330 Å². The fourth-order valence-corrected chi connectivity index (χ4v) is 14.5. The van der Waals surface area contributed by atoms with Gasteiger partial charge >= 0.3 is 5.97 Å². The fraction of sp³-hybridized carbons (Fsp3) is 0.101. The Morgan fingerprint density at radius 3 is 1.58 bits per heavy atom. The van der Waals surface area contributed by atoms with Crippen LogP contribution in [0.1, 0.15) is 66.9 Å². The van der Waals surface area contributed by atoms with Crippen molar-refractivity contribution in [2.24, 2.45) is 5.16 Å². The minimum atomic E-state index is -1.38. The average Bonchev–Trinajstić information content (AvgIpc) is 1.46. The molecule has 2 amide bonds. The first-order chi connectivity index (χ1) is 41.3. The molecule has 0 radical (unpaired) electrons. The molecule has 2 N–H and O–H groups in total. The van der Waals surface area contributed by atoms with Crippen molar-refractivity contribution in [2.45, 2.75) is 35.6 Å². The number of fused-ring (bicyclic) bond motifs is 1. The summed E-state index contributed by atoms with van der Waals surface area (Å²) in [5, 5.41) is 15.3. The lowest BCUT2D eigenvalue weighted by molar-refractivity contribution is -0.154. The lowest BCUT2D eigenvalue weighted by Crippen LogP contribution is -2.71. The highest BCUT2D eigenvalue weighted by atomic mass is 32.2. The molecular formula is C69H54N6O5S4. The van der Waals surface area contributed by atoms with Crippen molar-refractivity contribution >= 4 is 80.9 Å². The number of hydrogen-bond acceptors (Lipinski definition) is 13. The summed E-state index contributed by atoms with van der Waals surface area (Å²) >= 11 is 5.62. The van der Waals surface area contributed by atoms with E-state index in [1.54, 1.807) is 10.9 Å². The minimum Gasteiger partial charge on any atom is -0.448 e. The third-order valence-electron chi connectivity index (χ3n) is 14.7. The van der Waals surface area contributed by atoms with Gasteiger partial charge in [-0.25, -0.2) is 14.8 Å². The van der Waals surface area contributed by atoms with Crippen LogP contribution in [0.4, 0.5) is 5.13 Å². The Kier molecular flexibility index (Phi) is 16.6. The van der Waals surface area contributed by atoms with Crippen molar-refractivity contribution in [3.63, 3.8) is 0 Å². The number of thiazole rings is 2. The quantitative estimate of drug-likeness (QED) is 0.0250. The maximum Gasteiger partial charge on any atom is 0.356 e. The number of esters is 1. The maximum absolute atomic E-state index is 15.6. The van der Waals surface area contributed by atoms with Crippen LogP contribution in [-0.4, -0.2) is 55.5 Å². The van der Waals surface area contributed by atoms with Crippen molar-refractivity contribution in [3.8, 4) is 0 Å². The molecule has 0 saturated carbocycles. The van der Waals surface area contributed by atoms with Crippen molar-refractivity contribution < 1.29 is 24.0 Å². The van der Waals surface area contributed by atoms with E-state index in [-0.39, 0.29) is 17.1 Å². The number of hydrogen-bond donors (Lipinski definition) is 2. The number of oxime groups is 1. The van der Waals surface area contributed by atoms with Gasteiger partial charge in [0, 0.05) is 32.7 Å². The Bertz CT molecular complexity index is 3750. The first kappa shape index (κ1) is 55.4. The number of aryl methyl sites for hydroxylation is 1. The number of aromatic nitrogens is 2. The van der Waals surface area contributed by atoms with E-state index in [1.165, 1.54) is 51.1 Å². The van der Waals surface area contributed by atoms with Gasteiger partial charge in [0.15, 0.2) is 16.9 Å². The molecule has 0 bridgehead atoms. The number of amides is 2. The highest BCUT2D eigenvalue weighted by molar-refractivity contribution is 8.08. The van der Waals surface area contributed by atoms with Gasteiger partial charge in [-0.2, -0.15) is 0 Å². The molecule has 11 nitrogen and oxygen atoms in total. The number of carbonyl (C=O) groups is 3. The maximum atomic E-state index is 15.6. The zero-order valence-corrected chi connectivity index (χ0v) is 48.6. The molecule has 2 aliphatic heterocycles. The molecule has 84 heavy (non-hydrogen) atoms. The molecule has 8 aromatic carbocycles. The first-order valence-electron chi connectivity index (χ1n) is 27.2. The minimum absolute atomic E-state index is 0.117. The molecule has 10 aromatic rings. The highest BCUT2D eigenvalue weighted by Gasteiger charge is 2.55. The van der Waals surface area contributed by atoms with Gasteiger partial charge in [-0.1, -0.05) is 260 Å². The Morgan fingerprint density at radius 1 is 0.655 bits per heavy atom. The first-order valence-corrected chi connectivity index (χ1v) is 30.9. The van der Waals surface area contributed by atoms with Gasteiger partial charge in [0.1, 0.15) is 28.3 Å². The van der Waals surface area contributed by atoms with Crippen LogP contribution in [0.15, 0.2) is 275 Å². The summed E-state index contributed by atoms with van der Waals surface area (Å²) < 4.78 is 6.49. The molecule has 0 spiro atoms. The molecular weight excluding hydrogens is 1120 g/mol. The molecule has 0 aliphatic carbocycles. The van der Waals surface area contributed by atoms with Crippen LogP contribution in [0.25, 0.3) is 6.08 Å². The summed E-state index contributed by atoms with van der Waals surface area (Å²) in [4.78, 5) is 65.3. The van der Waals surface area contributed by atoms with Crippen LogP contribution in [-0.2, 0) is 35.1 Å². The van der Waals surface area contributed by atoms with Crippen LogP contribution in [0, 0.1) is 6.92 Å². The van der Waals surface area contributed by atoms with Crippen molar-refractivity contribution in [1.82, 2.24) is 20.2 Å². The zero-order chi connectivity index (χ0) is 57.3. The summed E-state index contributed by atoms with van der Waals surface area (Å²) in [6, 6.07) is 77.8.